The summed E-state index contributed by atoms with van der Waals surface area (Å²) >= 11 is 5.91. The van der Waals surface area contributed by atoms with E-state index < -0.39 is 5.69 Å². The van der Waals surface area contributed by atoms with Crippen LogP contribution in [0.5, 0.6) is 0 Å². The molecule has 0 atom stereocenters. The highest BCUT2D eigenvalue weighted by molar-refractivity contribution is 6.30. The topological polar surface area (TPSA) is 85.6 Å². The van der Waals surface area contributed by atoms with Crippen LogP contribution in [0.15, 0.2) is 15.9 Å². The number of aryl methyl sites for hydroxylation is 2. The fraction of sp³-hybridized carbons (Fsp3) is 0.500. The standard InChI is InChI=1S/C12H16ClN5O2/c1-3-4-8-10(13)15-12(20)18(11(8)19)6-5-9-14-7-17(2)16-9/h7H,3-6H2,1-2H3,(H,15,20). The maximum absolute atomic E-state index is 12.2. The Balaban J connectivity index is 2.29. The van der Waals surface area contributed by atoms with Crippen molar-refractivity contribution in [1.82, 2.24) is 24.3 Å². The van der Waals surface area contributed by atoms with Crippen molar-refractivity contribution in [1.29, 1.82) is 0 Å². The van der Waals surface area contributed by atoms with Crippen molar-refractivity contribution in [3.8, 4) is 0 Å². The van der Waals surface area contributed by atoms with E-state index in [-0.39, 0.29) is 17.3 Å². The van der Waals surface area contributed by atoms with Crippen LogP contribution in [-0.4, -0.2) is 24.3 Å². The molecule has 7 nitrogen and oxygen atoms in total. The highest BCUT2D eigenvalue weighted by Gasteiger charge is 2.12. The monoisotopic (exact) mass is 297 g/mol. The zero-order valence-corrected chi connectivity index (χ0v) is 12.1. The van der Waals surface area contributed by atoms with Gasteiger partial charge in [-0.3, -0.25) is 19.0 Å². The van der Waals surface area contributed by atoms with Crippen molar-refractivity contribution < 1.29 is 0 Å². The summed E-state index contributed by atoms with van der Waals surface area (Å²) in [4.78, 5) is 30.6. The van der Waals surface area contributed by atoms with E-state index in [9.17, 15) is 9.59 Å². The first kappa shape index (κ1) is 14.5. The molecule has 0 amide bonds. The highest BCUT2D eigenvalue weighted by Crippen LogP contribution is 2.08. The van der Waals surface area contributed by atoms with Crippen molar-refractivity contribution in [3.63, 3.8) is 0 Å². The smallest absolute Gasteiger partial charge is 0.297 e. The number of H-pyrrole nitrogens is 1. The molecule has 2 rings (SSSR count). The predicted octanol–water partition coefficient (Wildman–Crippen LogP) is 0.514. The first-order valence-electron chi connectivity index (χ1n) is 6.39. The van der Waals surface area contributed by atoms with Crippen molar-refractivity contribution >= 4 is 11.6 Å². The molecule has 1 N–H and O–H groups in total. The maximum Gasteiger partial charge on any atom is 0.329 e. The van der Waals surface area contributed by atoms with Gasteiger partial charge in [0, 0.05) is 20.0 Å². The lowest BCUT2D eigenvalue weighted by atomic mass is 10.2. The molecule has 0 aliphatic rings. The van der Waals surface area contributed by atoms with E-state index in [0.717, 1.165) is 11.0 Å². The molecule has 0 bridgehead atoms. The minimum atomic E-state index is -0.504. The fourth-order valence-electron chi connectivity index (χ4n) is 1.97. The molecular weight excluding hydrogens is 282 g/mol. The van der Waals surface area contributed by atoms with Crippen LogP contribution >= 0.6 is 11.6 Å². The normalized spacial score (nSPS) is 10.9. The van der Waals surface area contributed by atoms with E-state index in [0.29, 0.717) is 24.2 Å². The minimum Gasteiger partial charge on any atom is -0.297 e. The van der Waals surface area contributed by atoms with Crippen LogP contribution in [0, 0.1) is 0 Å². The molecule has 0 aliphatic heterocycles. The Morgan fingerprint density at radius 3 is 2.70 bits per heavy atom. The third-order valence-corrected chi connectivity index (χ3v) is 3.26. The van der Waals surface area contributed by atoms with Crippen LogP contribution in [0.3, 0.4) is 0 Å². The van der Waals surface area contributed by atoms with E-state index >= 15 is 0 Å². The molecule has 0 fully saturated rings. The molecule has 0 aromatic carbocycles. The minimum absolute atomic E-state index is 0.133. The third-order valence-electron chi connectivity index (χ3n) is 2.94. The summed E-state index contributed by atoms with van der Waals surface area (Å²) < 4.78 is 2.72. The number of aromatic nitrogens is 5. The SMILES string of the molecule is CCCc1c(Cl)[nH]c(=O)n(CCc2ncn(C)n2)c1=O. The number of aromatic amines is 1. The Morgan fingerprint density at radius 2 is 2.10 bits per heavy atom. The van der Waals surface area contributed by atoms with E-state index in [4.69, 9.17) is 11.6 Å². The van der Waals surface area contributed by atoms with Gasteiger partial charge in [0.15, 0.2) is 5.82 Å². The lowest BCUT2D eigenvalue weighted by molar-refractivity contribution is 0.599. The van der Waals surface area contributed by atoms with Gasteiger partial charge in [-0.15, -0.1) is 0 Å². The number of hydrogen-bond donors (Lipinski definition) is 1. The van der Waals surface area contributed by atoms with Gasteiger partial charge in [-0.05, 0) is 6.42 Å². The van der Waals surface area contributed by atoms with Gasteiger partial charge in [0.2, 0.25) is 0 Å². The molecule has 0 unspecified atom stereocenters. The summed E-state index contributed by atoms with van der Waals surface area (Å²) in [6.07, 6.45) is 3.31. The molecule has 20 heavy (non-hydrogen) atoms. The summed E-state index contributed by atoms with van der Waals surface area (Å²) in [6.45, 7) is 2.18. The van der Waals surface area contributed by atoms with Gasteiger partial charge < -0.3 is 0 Å². The summed E-state index contributed by atoms with van der Waals surface area (Å²) in [5, 5.41) is 4.25. The molecule has 0 saturated carbocycles. The molecule has 0 saturated heterocycles. The lowest BCUT2D eigenvalue weighted by Gasteiger charge is -2.07. The van der Waals surface area contributed by atoms with Gasteiger partial charge in [-0.25, -0.2) is 9.78 Å². The van der Waals surface area contributed by atoms with E-state index in [2.05, 4.69) is 15.1 Å². The molecule has 0 aliphatic carbocycles. The highest BCUT2D eigenvalue weighted by atomic mass is 35.5. The Labute approximate surface area is 120 Å². The van der Waals surface area contributed by atoms with E-state index in [1.165, 1.54) is 0 Å². The molecule has 2 heterocycles. The maximum atomic E-state index is 12.2. The molecular formula is C12H16ClN5O2. The second-order valence-electron chi connectivity index (χ2n) is 4.51. The molecule has 0 spiro atoms. The number of halogens is 1. The van der Waals surface area contributed by atoms with Crippen LogP contribution < -0.4 is 11.2 Å². The first-order chi connectivity index (χ1) is 9.52. The third kappa shape index (κ3) is 2.98. The van der Waals surface area contributed by atoms with E-state index in [1.807, 2.05) is 6.92 Å². The summed E-state index contributed by atoms with van der Waals surface area (Å²) in [6, 6.07) is 0. The van der Waals surface area contributed by atoms with Crippen LogP contribution in [0.25, 0.3) is 0 Å². The fourth-order valence-corrected chi connectivity index (χ4v) is 2.22. The Kier molecular flexibility index (Phi) is 4.39. The van der Waals surface area contributed by atoms with Gasteiger partial charge >= 0.3 is 5.69 Å². The van der Waals surface area contributed by atoms with Crippen LogP contribution in [0.4, 0.5) is 0 Å². The van der Waals surface area contributed by atoms with Crippen molar-refractivity contribution in [2.24, 2.45) is 7.05 Å². The summed E-state index contributed by atoms with van der Waals surface area (Å²) in [7, 11) is 1.76. The molecule has 0 radical (unpaired) electrons. The number of hydrogen-bond acceptors (Lipinski definition) is 4. The summed E-state index contributed by atoms with van der Waals surface area (Å²) in [5.41, 5.74) is -0.393. The number of nitrogens with zero attached hydrogens (tertiary/aromatic N) is 4. The molecule has 2 aromatic heterocycles. The summed E-state index contributed by atoms with van der Waals surface area (Å²) in [5.74, 6) is 0.589. The van der Waals surface area contributed by atoms with Gasteiger partial charge in [-0.1, -0.05) is 24.9 Å². The van der Waals surface area contributed by atoms with Crippen LogP contribution in [0.2, 0.25) is 5.15 Å². The molecule has 8 heteroatoms. The van der Waals surface area contributed by atoms with Gasteiger partial charge in [0.05, 0.1) is 5.56 Å². The van der Waals surface area contributed by atoms with Crippen molar-refractivity contribution in [2.45, 2.75) is 32.7 Å². The Morgan fingerprint density at radius 1 is 1.35 bits per heavy atom. The number of rotatable bonds is 5. The largest absolute Gasteiger partial charge is 0.329 e. The van der Waals surface area contributed by atoms with E-state index in [1.54, 1.807) is 18.1 Å². The predicted molar refractivity (Wildman–Crippen MR) is 75.0 cm³/mol. The first-order valence-corrected chi connectivity index (χ1v) is 6.76. The zero-order valence-electron chi connectivity index (χ0n) is 11.4. The second kappa shape index (κ2) is 6.04. The Bertz CT molecular complexity index is 715. The average Bonchev–Trinajstić information content (AvgIpc) is 2.80. The Hall–Kier alpha value is -1.89. The van der Waals surface area contributed by atoms with Gasteiger partial charge in [-0.2, -0.15) is 5.10 Å². The second-order valence-corrected chi connectivity index (χ2v) is 4.89. The van der Waals surface area contributed by atoms with Crippen LogP contribution in [-0.2, 0) is 26.4 Å². The van der Waals surface area contributed by atoms with Gasteiger partial charge in [0.1, 0.15) is 11.5 Å². The van der Waals surface area contributed by atoms with Crippen LogP contribution in [0.1, 0.15) is 24.7 Å². The molecule has 108 valence electrons. The molecule has 2 aromatic rings. The van der Waals surface area contributed by atoms with Gasteiger partial charge in [0.25, 0.3) is 5.56 Å². The lowest BCUT2D eigenvalue weighted by Crippen LogP contribution is -2.38. The quantitative estimate of drug-likeness (QED) is 0.815. The van der Waals surface area contributed by atoms with Crippen molar-refractivity contribution in [2.75, 3.05) is 0 Å². The zero-order chi connectivity index (χ0) is 14.7. The van der Waals surface area contributed by atoms with Crippen molar-refractivity contribution in [3.05, 3.63) is 43.7 Å². The number of nitrogens with one attached hydrogen (secondary N) is 1. The average molecular weight is 298 g/mol.